The van der Waals surface area contributed by atoms with Gasteiger partial charge in [0, 0.05) is 51.2 Å². The van der Waals surface area contributed by atoms with Gasteiger partial charge in [0.25, 0.3) is 0 Å². The van der Waals surface area contributed by atoms with E-state index in [1.165, 1.54) is 15.0 Å². The molecule has 2 aromatic heterocycles. The van der Waals surface area contributed by atoms with Crippen LogP contribution in [-0.4, -0.2) is 24.0 Å². The molecule has 0 spiro atoms. The Morgan fingerprint density at radius 3 is 2.85 bits per heavy atom. The summed E-state index contributed by atoms with van der Waals surface area (Å²) >= 11 is 5.34. The number of halogens is 1. The minimum atomic E-state index is 0.0761. The number of nitrogens with zero attached hydrogens (tertiary/aromatic N) is 2. The highest BCUT2D eigenvalue weighted by Gasteiger charge is 2.26. The lowest BCUT2D eigenvalue weighted by Gasteiger charge is -2.32. The third-order valence-electron chi connectivity index (χ3n) is 5.12. The summed E-state index contributed by atoms with van der Waals surface area (Å²) in [6.45, 7) is 4.44. The van der Waals surface area contributed by atoms with E-state index in [0.717, 1.165) is 41.8 Å². The van der Waals surface area contributed by atoms with Gasteiger partial charge in [-0.25, -0.2) is 4.98 Å². The summed E-state index contributed by atoms with van der Waals surface area (Å²) in [6, 6.07) is 12.3. The van der Waals surface area contributed by atoms with E-state index < -0.39 is 0 Å². The Morgan fingerprint density at radius 2 is 2.07 bits per heavy atom. The molecule has 0 bridgehead atoms. The number of aromatic nitrogens is 1. The predicted octanol–water partition coefficient (Wildman–Crippen LogP) is 4.90. The van der Waals surface area contributed by atoms with E-state index in [1.807, 2.05) is 30.5 Å². The summed E-state index contributed by atoms with van der Waals surface area (Å²) in [6.07, 6.45) is 3.62. The van der Waals surface area contributed by atoms with E-state index in [1.54, 1.807) is 11.3 Å². The molecule has 1 fully saturated rings. The van der Waals surface area contributed by atoms with Crippen LogP contribution in [-0.2, 0) is 11.3 Å². The van der Waals surface area contributed by atoms with Gasteiger partial charge in [0.1, 0.15) is 5.82 Å². The molecule has 1 aliphatic heterocycles. The van der Waals surface area contributed by atoms with E-state index >= 15 is 0 Å². The molecule has 0 unspecified atom stereocenters. The van der Waals surface area contributed by atoms with E-state index in [9.17, 15) is 4.79 Å². The van der Waals surface area contributed by atoms with Crippen LogP contribution in [0.25, 0.3) is 10.1 Å². The number of anilines is 1. The molecule has 1 saturated heterocycles. The van der Waals surface area contributed by atoms with Gasteiger partial charge in [0.2, 0.25) is 5.91 Å². The number of fused-ring (bicyclic) bond motifs is 1. The molecule has 4 rings (SSSR count). The highest BCUT2D eigenvalue weighted by atomic mass is 79.9. The number of rotatable bonds is 4. The molecule has 1 amide bonds. The number of amides is 1. The molecule has 1 aromatic carbocycles. The van der Waals surface area contributed by atoms with Crippen LogP contribution in [0.1, 0.15) is 23.3 Å². The maximum absolute atomic E-state index is 12.6. The molecule has 1 N–H and O–H groups in total. The Hall–Kier alpha value is -1.92. The number of pyridine rings is 1. The van der Waals surface area contributed by atoms with Crippen molar-refractivity contribution < 1.29 is 4.79 Å². The second-order valence-electron chi connectivity index (χ2n) is 6.97. The fourth-order valence-electron chi connectivity index (χ4n) is 3.65. The molecule has 0 aliphatic carbocycles. The summed E-state index contributed by atoms with van der Waals surface area (Å²) in [7, 11) is 0. The van der Waals surface area contributed by atoms with Gasteiger partial charge in [-0.05, 0) is 43.5 Å². The van der Waals surface area contributed by atoms with Gasteiger partial charge >= 0.3 is 0 Å². The average Bonchev–Trinajstić information content (AvgIpc) is 3.07. The lowest BCUT2D eigenvalue weighted by atomic mass is 9.95. The van der Waals surface area contributed by atoms with Gasteiger partial charge in [-0.2, -0.15) is 0 Å². The zero-order valence-corrected chi connectivity index (χ0v) is 17.6. The fourth-order valence-corrected chi connectivity index (χ4v) is 4.99. The molecule has 0 saturated carbocycles. The summed E-state index contributed by atoms with van der Waals surface area (Å²) in [4.78, 5) is 20.8. The number of hydrogen-bond acceptors (Lipinski definition) is 4. The van der Waals surface area contributed by atoms with E-state index in [0.29, 0.717) is 6.54 Å². The van der Waals surface area contributed by atoms with Crippen molar-refractivity contribution in [3.63, 3.8) is 0 Å². The third kappa shape index (κ3) is 4.01. The highest BCUT2D eigenvalue weighted by molar-refractivity contribution is 9.10. The second kappa shape index (κ2) is 7.98. The number of hydrogen-bond donors (Lipinski definition) is 1. The van der Waals surface area contributed by atoms with E-state index in [2.05, 4.69) is 50.2 Å². The molecular formula is C21H22BrN3OS. The Kier molecular flexibility index (Phi) is 5.45. The number of carbonyl (C=O) groups excluding carboxylic acids is 1. The quantitative estimate of drug-likeness (QED) is 0.623. The summed E-state index contributed by atoms with van der Waals surface area (Å²) in [5, 5.41) is 4.33. The van der Waals surface area contributed by atoms with Gasteiger partial charge in [-0.1, -0.05) is 34.1 Å². The third-order valence-corrected chi connectivity index (χ3v) is 6.91. The van der Waals surface area contributed by atoms with Crippen molar-refractivity contribution >= 4 is 49.1 Å². The van der Waals surface area contributed by atoms with Crippen molar-refractivity contribution in [3.05, 3.63) is 57.5 Å². The van der Waals surface area contributed by atoms with Crippen LogP contribution in [0, 0.1) is 12.8 Å². The largest absolute Gasteiger partial charge is 0.356 e. The zero-order chi connectivity index (χ0) is 18.8. The first kappa shape index (κ1) is 18.4. The van der Waals surface area contributed by atoms with Crippen LogP contribution in [0.4, 0.5) is 5.82 Å². The smallest absolute Gasteiger partial charge is 0.223 e. The Bertz CT molecular complexity index is 963. The topological polar surface area (TPSA) is 45.2 Å². The number of nitrogens with one attached hydrogen (secondary N) is 1. The lowest BCUT2D eigenvalue weighted by molar-refractivity contribution is -0.125. The van der Waals surface area contributed by atoms with Crippen molar-refractivity contribution in [1.29, 1.82) is 0 Å². The number of aryl methyl sites for hydroxylation is 1. The molecule has 3 heterocycles. The highest BCUT2D eigenvalue weighted by Crippen LogP contribution is 2.33. The number of piperidine rings is 1. The number of benzene rings is 1. The molecule has 27 heavy (non-hydrogen) atoms. The molecule has 6 heteroatoms. The molecular weight excluding hydrogens is 422 g/mol. The number of thiophene rings is 1. The van der Waals surface area contributed by atoms with Crippen LogP contribution in [0.5, 0.6) is 0 Å². The van der Waals surface area contributed by atoms with Crippen molar-refractivity contribution in [2.75, 3.05) is 18.0 Å². The van der Waals surface area contributed by atoms with Gasteiger partial charge < -0.3 is 10.2 Å². The van der Waals surface area contributed by atoms with Gasteiger partial charge in [-0.15, -0.1) is 11.3 Å². The Labute approximate surface area is 171 Å². The van der Waals surface area contributed by atoms with Crippen molar-refractivity contribution in [2.45, 2.75) is 26.3 Å². The summed E-state index contributed by atoms with van der Waals surface area (Å²) in [5.41, 5.74) is 1.10. The van der Waals surface area contributed by atoms with Crippen molar-refractivity contribution in [3.8, 4) is 0 Å². The Balaban J connectivity index is 1.37. The minimum absolute atomic E-state index is 0.0761. The maximum atomic E-state index is 12.6. The van der Waals surface area contributed by atoms with Crippen LogP contribution in [0.3, 0.4) is 0 Å². The van der Waals surface area contributed by atoms with E-state index in [-0.39, 0.29) is 11.8 Å². The first-order chi connectivity index (χ1) is 13.1. The molecule has 0 radical (unpaired) electrons. The van der Waals surface area contributed by atoms with Gasteiger partial charge in [0.05, 0.1) is 0 Å². The maximum Gasteiger partial charge on any atom is 0.223 e. The number of carbonyl (C=O) groups is 1. The normalized spacial score (nSPS) is 15.3. The molecule has 3 aromatic rings. The first-order valence-electron chi connectivity index (χ1n) is 9.23. The molecule has 140 valence electrons. The molecule has 0 atom stereocenters. The predicted molar refractivity (Wildman–Crippen MR) is 115 cm³/mol. The van der Waals surface area contributed by atoms with Gasteiger partial charge in [0.15, 0.2) is 0 Å². The fraction of sp³-hybridized carbons (Fsp3) is 0.333. The van der Waals surface area contributed by atoms with Crippen LogP contribution in [0.15, 0.2) is 47.1 Å². The minimum Gasteiger partial charge on any atom is -0.356 e. The summed E-state index contributed by atoms with van der Waals surface area (Å²) in [5.74, 6) is 1.29. The monoisotopic (exact) mass is 443 g/mol. The van der Waals surface area contributed by atoms with Gasteiger partial charge in [-0.3, -0.25) is 4.79 Å². The van der Waals surface area contributed by atoms with Crippen LogP contribution < -0.4 is 10.2 Å². The summed E-state index contributed by atoms with van der Waals surface area (Å²) < 4.78 is 2.32. The standard InChI is InChI=1S/C21H22BrN3OS/c1-14-12-17-19(27-14)6-9-23-20(17)25-10-7-15(8-11-25)21(26)24-13-16-4-2-3-5-18(16)22/h2-6,9,12,15H,7-8,10-11,13H2,1H3,(H,24,26). The van der Waals surface area contributed by atoms with E-state index in [4.69, 9.17) is 0 Å². The SMILES string of the molecule is Cc1cc2c(N3CCC(C(=O)NCc4ccccc4Br)CC3)nccc2s1. The zero-order valence-electron chi connectivity index (χ0n) is 15.2. The second-order valence-corrected chi connectivity index (χ2v) is 9.12. The van der Waals surface area contributed by atoms with Crippen LogP contribution >= 0.6 is 27.3 Å². The molecule has 4 nitrogen and oxygen atoms in total. The molecule has 1 aliphatic rings. The first-order valence-corrected chi connectivity index (χ1v) is 10.8. The van der Waals surface area contributed by atoms with Crippen molar-refractivity contribution in [2.24, 2.45) is 5.92 Å². The van der Waals surface area contributed by atoms with Crippen molar-refractivity contribution in [1.82, 2.24) is 10.3 Å². The average molecular weight is 444 g/mol. The lowest BCUT2D eigenvalue weighted by Crippen LogP contribution is -2.40. The van der Waals surface area contributed by atoms with Crippen LogP contribution in [0.2, 0.25) is 0 Å². The Morgan fingerprint density at radius 1 is 1.30 bits per heavy atom.